The number of nitrogens with zero attached hydrogens (tertiary/aromatic N) is 1. The summed E-state index contributed by atoms with van der Waals surface area (Å²) in [7, 11) is 0. The second-order valence-electron chi connectivity index (χ2n) is 3.72. The average Bonchev–Trinajstić information content (AvgIpc) is 2.30. The molecule has 0 heterocycles. The first kappa shape index (κ1) is 13.5. The number of nitrogens with one attached hydrogen (secondary N) is 1. The van der Waals surface area contributed by atoms with E-state index in [0.29, 0.717) is 11.3 Å². The van der Waals surface area contributed by atoms with Crippen molar-refractivity contribution in [3.63, 3.8) is 0 Å². The highest BCUT2D eigenvalue weighted by Crippen LogP contribution is 2.11. The number of primary amides is 1. The standard InChI is InChI=1S/C13H13N3O2/c1-9(11(8-14)13(15)18)7-12(17)16-10-5-3-2-4-6-10/h2-6H,7H2,1H3,(H2,15,18)(H,16,17)/b11-9-. The van der Waals surface area contributed by atoms with E-state index in [4.69, 9.17) is 11.0 Å². The van der Waals surface area contributed by atoms with E-state index >= 15 is 0 Å². The van der Waals surface area contributed by atoms with E-state index in [2.05, 4.69) is 5.32 Å². The Morgan fingerprint density at radius 3 is 2.44 bits per heavy atom. The maximum atomic E-state index is 11.7. The third-order valence-electron chi connectivity index (χ3n) is 2.27. The van der Waals surface area contributed by atoms with Gasteiger partial charge in [0.05, 0.1) is 0 Å². The summed E-state index contributed by atoms with van der Waals surface area (Å²) >= 11 is 0. The Kier molecular flexibility index (Phi) is 4.64. The molecule has 0 aromatic heterocycles. The first-order valence-electron chi connectivity index (χ1n) is 5.29. The first-order chi connectivity index (χ1) is 8.54. The molecule has 0 saturated heterocycles. The number of anilines is 1. The second-order valence-corrected chi connectivity index (χ2v) is 3.72. The van der Waals surface area contributed by atoms with Crippen LogP contribution in [0.5, 0.6) is 0 Å². The van der Waals surface area contributed by atoms with Gasteiger partial charge < -0.3 is 11.1 Å². The molecule has 0 aliphatic rings. The van der Waals surface area contributed by atoms with Crippen LogP contribution in [0.3, 0.4) is 0 Å². The Morgan fingerprint density at radius 2 is 1.94 bits per heavy atom. The lowest BCUT2D eigenvalue weighted by atomic mass is 10.1. The van der Waals surface area contributed by atoms with Gasteiger partial charge in [-0.05, 0) is 24.6 Å². The fraction of sp³-hybridized carbons (Fsp3) is 0.154. The monoisotopic (exact) mass is 243 g/mol. The van der Waals surface area contributed by atoms with Crippen LogP contribution in [0.25, 0.3) is 0 Å². The van der Waals surface area contributed by atoms with Gasteiger partial charge in [-0.3, -0.25) is 9.59 Å². The van der Waals surface area contributed by atoms with Gasteiger partial charge in [-0.2, -0.15) is 5.26 Å². The number of nitriles is 1. The summed E-state index contributed by atoms with van der Waals surface area (Å²) in [6, 6.07) is 10.6. The number of nitrogens with two attached hydrogens (primary N) is 1. The Morgan fingerprint density at radius 1 is 1.33 bits per heavy atom. The summed E-state index contributed by atoms with van der Waals surface area (Å²) in [4.78, 5) is 22.6. The molecule has 18 heavy (non-hydrogen) atoms. The van der Waals surface area contributed by atoms with E-state index in [1.54, 1.807) is 30.3 Å². The van der Waals surface area contributed by atoms with Crippen LogP contribution in [-0.4, -0.2) is 11.8 Å². The molecule has 5 heteroatoms. The predicted octanol–water partition coefficient (Wildman–Crippen LogP) is 1.34. The summed E-state index contributed by atoms with van der Waals surface area (Å²) in [6.45, 7) is 1.54. The summed E-state index contributed by atoms with van der Waals surface area (Å²) in [5.74, 6) is -1.12. The third-order valence-corrected chi connectivity index (χ3v) is 2.27. The summed E-state index contributed by atoms with van der Waals surface area (Å²) in [6.07, 6.45) is -0.0409. The molecule has 0 fully saturated rings. The van der Waals surface area contributed by atoms with Crippen LogP contribution in [0.15, 0.2) is 41.5 Å². The molecular formula is C13H13N3O2. The lowest BCUT2D eigenvalue weighted by Gasteiger charge is -2.05. The van der Waals surface area contributed by atoms with Gasteiger partial charge in [-0.15, -0.1) is 0 Å². The maximum absolute atomic E-state index is 11.7. The maximum Gasteiger partial charge on any atom is 0.259 e. The van der Waals surface area contributed by atoms with Crippen LogP contribution in [0.1, 0.15) is 13.3 Å². The van der Waals surface area contributed by atoms with Crippen molar-refractivity contribution in [2.45, 2.75) is 13.3 Å². The fourth-order valence-corrected chi connectivity index (χ4v) is 1.42. The van der Waals surface area contributed by atoms with Crippen LogP contribution in [-0.2, 0) is 9.59 Å². The molecule has 1 rings (SSSR count). The van der Waals surface area contributed by atoms with Gasteiger partial charge >= 0.3 is 0 Å². The van der Waals surface area contributed by atoms with Crippen LogP contribution < -0.4 is 11.1 Å². The van der Waals surface area contributed by atoms with Gasteiger partial charge in [-0.25, -0.2) is 0 Å². The van der Waals surface area contributed by atoms with E-state index < -0.39 is 5.91 Å². The molecule has 0 bridgehead atoms. The van der Waals surface area contributed by atoms with Crippen molar-refractivity contribution in [1.29, 1.82) is 5.26 Å². The van der Waals surface area contributed by atoms with Gasteiger partial charge in [0, 0.05) is 12.1 Å². The zero-order valence-electron chi connectivity index (χ0n) is 9.93. The third kappa shape index (κ3) is 3.76. The van der Waals surface area contributed by atoms with Gasteiger partial charge in [0.1, 0.15) is 11.6 Å². The molecule has 1 aromatic rings. The van der Waals surface area contributed by atoms with Crippen LogP contribution in [0.2, 0.25) is 0 Å². The van der Waals surface area contributed by atoms with E-state index in [1.807, 2.05) is 6.07 Å². The number of hydrogen-bond acceptors (Lipinski definition) is 3. The number of carbonyl (C=O) groups excluding carboxylic acids is 2. The quantitative estimate of drug-likeness (QED) is 0.617. The Bertz CT molecular complexity index is 527. The van der Waals surface area contributed by atoms with E-state index in [9.17, 15) is 9.59 Å². The van der Waals surface area contributed by atoms with Crippen LogP contribution >= 0.6 is 0 Å². The van der Waals surface area contributed by atoms with Gasteiger partial charge in [0.2, 0.25) is 5.91 Å². The van der Waals surface area contributed by atoms with Crippen molar-refractivity contribution in [2.24, 2.45) is 5.73 Å². The number of para-hydroxylation sites is 1. The molecular weight excluding hydrogens is 230 g/mol. The van der Waals surface area contributed by atoms with Crippen LogP contribution in [0.4, 0.5) is 5.69 Å². The lowest BCUT2D eigenvalue weighted by molar-refractivity contribution is -0.115. The highest BCUT2D eigenvalue weighted by molar-refractivity contribution is 5.99. The molecule has 3 N–H and O–H groups in total. The number of rotatable bonds is 4. The normalized spacial score (nSPS) is 11.1. The van der Waals surface area contributed by atoms with Crippen molar-refractivity contribution >= 4 is 17.5 Å². The minimum Gasteiger partial charge on any atom is -0.365 e. The topological polar surface area (TPSA) is 96.0 Å². The molecule has 2 amide bonds. The average molecular weight is 243 g/mol. The molecule has 5 nitrogen and oxygen atoms in total. The van der Waals surface area contributed by atoms with Crippen molar-refractivity contribution in [3.8, 4) is 6.07 Å². The smallest absolute Gasteiger partial charge is 0.259 e. The van der Waals surface area contributed by atoms with E-state index in [1.165, 1.54) is 6.92 Å². The Labute approximate surface area is 105 Å². The molecule has 0 aliphatic heterocycles. The SMILES string of the molecule is C/C(CC(=O)Nc1ccccc1)=C(\C#N)C(N)=O. The molecule has 1 aromatic carbocycles. The number of amides is 2. The molecule has 0 saturated carbocycles. The molecule has 0 spiro atoms. The minimum atomic E-state index is -0.817. The van der Waals surface area contributed by atoms with Crippen molar-refractivity contribution in [2.75, 3.05) is 5.32 Å². The molecule has 0 radical (unpaired) electrons. The highest BCUT2D eigenvalue weighted by Gasteiger charge is 2.11. The largest absolute Gasteiger partial charge is 0.365 e. The number of carbonyl (C=O) groups is 2. The van der Waals surface area contributed by atoms with Gasteiger partial charge in [0.25, 0.3) is 5.91 Å². The van der Waals surface area contributed by atoms with Crippen molar-refractivity contribution < 1.29 is 9.59 Å². The molecule has 92 valence electrons. The van der Waals surface area contributed by atoms with Crippen molar-refractivity contribution in [1.82, 2.24) is 0 Å². The molecule has 0 atom stereocenters. The van der Waals surface area contributed by atoms with Gasteiger partial charge in [-0.1, -0.05) is 18.2 Å². The zero-order chi connectivity index (χ0) is 13.5. The van der Waals surface area contributed by atoms with E-state index in [-0.39, 0.29) is 17.9 Å². The summed E-state index contributed by atoms with van der Waals surface area (Å²) in [5, 5.41) is 11.4. The van der Waals surface area contributed by atoms with Crippen LogP contribution in [0, 0.1) is 11.3 Å². The molecule has 0 aliphatic carbocycles. The zero-order valence-corrected chi connectivity index (χ0v) is 9.93. The first-order valence-corrected chi connectivity index (χ1v) is 5.29. The van der Waals surface area contributed by atoms with E-state index in [0.717, 1.165) is 0 Å². The summed E-state index contributed by atoms with van der Waals surface area (Å²) < 4.78 is 0. The molecule has 0 unspecified atom stereocenters. The second kappa shape index (κ2) is 6.21. The van der Waals surface area contributed by atoms with Crippen molar-refractivity contribution in [3.05, 3.63) is 41.5 Å². The highest BCUT2D eigenvalue weighted by atomic mass is 16.2. The minimum absolute atomic E-state index is 0.0409. The lowest BCUT2D eigenvalue weighted by Crippen LogP contribution is -2.17. The Balaban J connectivity index is 2.72. The predicted molar refractivity (Wildman–Crippen MR) is 67.2 cm³/mol. The number of benzene rings is 1. The Hall–Kier alpha value is -2.61. The number of hydrogen-bond donors (Lipinski definition) is 2. The summed E-state index contributed by atoms with van der Waals surface area (Å²) in [5.41, 5.74) is 5.88. The fourth-order valence-electron chi connectivity index (χ4n) is 1.42. The van der Waals surface area contributed by atoms with Gasteiger partial charge in [0.15, 0.2) is 0 Å².